The number of aryl methyl sites for hydroxylation is 1. The van der Waals surface area contributed by atoms with Crippen molar-refractivity contribution in [3.8, 4) is 0 Å². The van der Waals surface area contributed by atoms with Crippen LogP contribution in [0.3, 0.4) is 0 Å². The van der Waals surface area contributed by atoms with Crippen LogP contribution in [0.1, 0.15) is 21.5 Å². The van der Waals surface area contributed by atoms with E-state index < -0.39 is 11.7 Å². The minimum absolute atomic E-state index is 0.166. The number of Topliss-reactive ketones (excluding diaryl/α,β-unsaturated/α-hetero) is 1. The molecule has 0 aliphatic heterocycles. The van der Waals surface area contributed by atoms with Crippen LogP contribution in [-0.4, -0.2) is 16.3 Å². The van der Waals surface area contributed by atoms with Crippen LogP contribution in [0.4, 0.5) is 5.69 Å². The molecule has 4 rings (SSSR count). The van der Waals surface area contributed by atoms with Gasteiger partial charge in [0.15, 0.2) is 0 Å². The molecule has 4 nitrogen and oxygen atoms in total. The highest BCUT2D eigenvalue weighted by molar-refractivity contribution is 6.51. The van der Waals surface area contributed by atoms with Crippen molar-refractivity contribution in [3.63, 3.8) is 0 Å². The highest BCUT2D eigenvalue weighted by Gasteiger charge is 2.27. The standard InChI is InChI=1S/C24H17Cl3N2O2/c1-14-7-10-20-18(11-14)21(22(30)24(31)28-17-5-3-2-4-6-17)23(27)29(20)13-15-8-9-16(25)12-19(15)26/h2-12H,13H2,1H3,(H,28,31). The Morgan fingerprint density at radius 2 is 1.68 bits per heavy atom. The number of carbonyl (C=O) groups is 2. The van der Waals surface area contributed by atoms with Gasteiger partial charge in [0.05, 0.1) is 17.6 Å². The zero-order valence-corrected chi connectivity index (χ0v) is 18.7. The van der Waals surface area contributed by atoms with Crippen molar-refractivity contribution in [2.75, 3.05) is 5.32 Å². The van der Waals surface area contributed by atoms with Crippen molar-refractivity contribution in [3.05, 3.63) is 98.6 Å². The molecule has 7 heteroatoms. The molecule has 1 aromatic heterocycles. The number of aromatic nitrogens is 1. The van der Waals surface area contributed by atoms with Crippen LogP contribution in [0.2, 0.25) is 15.2 Å². The van der Waals surface area contributed by atoms with Gasteiger partial charge in [-0.25, -0.2) is 0 Å². The first-order valence-electron chi connectivity index (χ1n) is 9.48. The van der Waals surface area contributed by atoms with Crippen LogP contribution in [0.15, 0.2) is 66.7 Å². The minimum atomic E-state index is -0.752. The molecule has 0 saturated heterocycles. The Labute approximate surface area is 194 Å². The molecule has 1 heterocycles. The topological polar surface area (TPSA) is 51.1 Å². The van der Waals surface area contributed by atoms with Crippen LogP contribution in [0.5, 0.6) is 0 Å². The Balaban J connectivity index is 1.78. The number of nitrogens with zero attached hydrogens (tertiary/aromatic N) is 1. The smallest absolute Gasteiger partial charge is 0.296 e. The number of halogens is 3. The summed E-state index contributed by atoms with van der Waals surface area (Å²) in [5, 5.41) is 4.45. The lowest BCUT2D eigenvalue weighted by Crippen LogP contribution is -2.23. The van der Waals surface area contributed by atoms with Crippen LogP contribution in [-0.2, 0) is 11.3 Å². The molecule has 1 N–H and O–H groups in total. The van der Waals surface area contributed by atoms with E-state index in [0.29, 0.717) is 27.7 Å². The summed E-state index contributed by atoms with van der Waals surface area (Å²) < 4.78 is 1.77. The molecule has 0 saturated carbocycles. The fourth-order valence-electron chi connectivity index (χ4n) is 3.45. The van der Waals surface area contributed by atoms with Gasteiger partial charge < -0.3 is 9.88 Å². The lowest BCUT2D eigenvalue weighted by Gasteiger charge is -2.10. The van der Waals surface area contributed by atoms with E-state index in [1.54, 1.807) is 41.0 Å². The van der Waals surface area contributed by atoms with E-state index in [2.05, 4.69) is 5.32 Å². The zero-order chi connectivity index (χ0) is 22.1. The molecular formula is C24H17Cl3N2O2. The van der Waals surface area contributed by atoms with Gasteiger partial charge in [-0.15, -0.1) is 0 Å². The molecule has 0 aliphatic carbocycles. The first-order chi connectivity index (χ1) is 14.8. The van der Waals surface area contributed by atoms with Gasteiger partial charge in [0, 0.05) is 21.1 Å². The predicted molar refractivity (Wildman–Crippen MR) is 127 cm³/mol. The second-order valence-electron chi connectivity index (χ2n) is 7.16. The van der Waals surface area contributed by atoms with Crippen LogP contribution in [0, 0.1) is 6.92 Å². The molecule has 31 heavy (non-hydrogen) atoms. The number of benzene rings is 3. The molecule has 0 atom stereocenters. The quantitative estimate of drug-likeness (QED) is 0.258. The lowest BCUT2D eigenvalue weighted by atomic mass is 10.1. The van der Waals surface area contributed by atoms with E-state index in [1.807, 2.05) is 37.3 Å². The summed E-state index contributed by atoms with van der Waals surface area (Å²) in [6, 6.07) is 19.7. The maximum atomic E-state index is 13.1. The predicted octanol–water partition coefficient (Wildman–Crippen LogP) is 6.78. The summed E-state index contributed by atoms with van der Waals surface area (Å²) in [5.41, 5.74) is 3.17. The Kier molecular flexibility index (Phi) is 6.05. The fraction of sp³-hybridized carbons (Fsp3) is 0.0833. The van der Waals surface area contributed by atoms with Crippen molar-refractivity contribution >= 4 is 63.1 Å². The number of hydrogen-bond acceptors (Lipinski definition) is 2. The van der Waals surface area contributed by atoms with E-state index in [0.717, 1.165) is 16.6 Å². The second kappa shape index (κ2) is 8.75. The first kappa shape index (κ1) is 21.4. The largest absolute Gasteiger partial charge is 0.326 e. The van der Waals surface area contributed by atoms with Crippen LogP contribution in [0.25, 0.3) is 10.9 Å². The van der Waals surface area contributed by atoms with E-state index >= 15 is 0 Å². The van der Waals surface area contributed by atoms with Crippen LogP contribution >= 0.6 is 34.8 Å². The highest BCUT2D eigenvalue weighted by atomic mass is 35.5. The molecule has 1 amide bonds. The van der Waals surface area contributed by atoms with Crippen molar-refractivity contribution in [1.29, 1.82) is 0 Å². The average Bonchev–Trinajstić information content (AvgIpc) is 3.00. The summed E-state index contributed by atoms with van der Waals surface area (Å²) in [6.07, 6.45) is 0. The van der Waals surface area contributed by atoms with Gasteiger partial charge >= 0.3 is 0 Å². The second-order valence-corrected chi connectivity index (χ2v) is 8.36. The Hall–Kier alpha value is -2.79. The molecule has 0 spiro atoms. The van der Waals surface area contributed by atoms with Crippen molar-refractivity contribution in [1.82, 2.24) is 4.57 Å². The molecular weight excluding hydrogens is 455 g/mol. The number of anilines is 1. The third-order valence-electron chi connectivity index (χ3n) is 4.96. The maximum Gasteiger partial charge on any atom is 0.296 e. The number of para-hydroxylation sites is 1. The zero-order valence-electron chi connectivity index (χ0n) is 16.5. The SMILES string of the molecule is Cc1ccc2c(c1)c(C(=O)C(=O)Nc1ccccc1)c(Cl)n2Cc1ccc(Cl)cc1Cl. The lowest BCUT2D eigenvalue weighted by molar-refractivity contribution is -0.112. The molecule has 0 unspecified atom stereocenters. The molecule has 0 aliphatic rings. The fourth-order valence-corrected chi connectivity index (χ4v) is 4.26. The Morgan fingerprint density at radius 3 is 2.39 bits per heavy atom. The summed E-state index contributed by atoms with van der Waals surface area (Å²) in [7, 11) is 0. The van der Waals surface area contributed by atoms with Crippen molar-refractivity contribution in [2.24, 2.45) is 0 Å². The third kappa shape index (κ3) is 4.33. The minimum Gasteiger partial charge on any atom is -0.326 e. The number of carbonyl (C=O) groups excluding carboxylic acids is 2. The van der Waals surface area contributed by atoms with Gasteiger partial charge in [-0.1, -0.05) is 70.7 Å². The summed E-state index contributed by atoms with van der Waals surface area (Å²) >= 11 is 19.0. The molecule has 0 radical (unpaired) electrons. The number of ketones is 1. The third-order valence-corrected chi connectivity index (χ3v) is 5.94. The van der Waals surface area contributed by atoms with Gasteiger partial charge in [0.2, 0.25) is 0 Å². The van der Waals surface area contributed by atoms with Gasteiger partial charge in [0.25, 0.3) is 11.7 Å². The number of amides is 1. The maximum absolute atomic E-state index is 13.1. The molecule has 0 fully saturated rings. The summed E-state index contributed by atoms with van der Waals surface area (Å²) in [6.45, 7) is 2.24. The monoisotopic (exact) mass is 470 g/mol. The van der Waals surface area contributed by atoms with E-state index in [1.165, 1.54) is 0 Å². The van der Waals surface area contributed by atoms with E-state index in [4.69, 9.17) is 34.8 Å². The number of hydrogen-bond donors (Lipinski definition) is 1. The van der Waals surface area contributed by atoms with Gasteiger partial charge in [0.1, 0.15) is 5.15 Å². The number of rotatable bonds is 5. The molecule has 4 aromatic rings. The summed E-state index contributed by atoms with van der Waals surface area (Å²) in [5.74, 6) is -1.46. The van der Waals surface area contributed by atoms with E-state index in [9.17, 15) is 9.59 Å². The Bertz CT molecular complexity index is 1310. The average molecular weight is 472 g/mol. The van der Waals surface area contributed by atoms with Crippen molar-refractivity contribution in [2.45, 2.75) is 13.5 Å². The summed E-state index contributed by atoms with van der Waals surface area (Å²) in [4.78, 5) is 25.8. The van der Waals surface area contributed by atoms with Gasteiger partial charge in [-0.05, 0) is 48.9 Å². The van der Waals surface area contributed by atoms with Gasteiger partial charge in [-0.2, -0.15) is 0 Å². The number of fused-ring (bicyclic) bond motifs is 1. The van der Waals surface area contributed by atoms with Crippen LogP contribution < -0.4 is 5.32 Å². The van der Waals surface area contributed by atoms with E-state index in [-0.39, 0.29) is 10.7 Å². The first-order valence-corrected chi connectivity index (χ1v) is 10.6. The molecule has 3 aromatic carbocycles. The highest BCUT2D eigenvalue weighted by Crippen LogP contribution is 2.33. The molecule has 0 bridgehead atoms. The molecule has 156 valence electrons. The Morgan fingerprint density at radius 1 is 0.935 bits per heavy atom. The number of nitrogens with one attached hydrogen (secondary N) is 1. The normalized spacial score (nSPS) is 11.0. The van der Waals surface area contributed by atoms with Gasteiger partial charge in [-0.3, -0.25) is 9.59 Å². The van der Waals surface area contributed by atoms with Crippen molar-refractivity contribution < 1.29 is 9.59 Å².